The lowest BCUT2D eigenvalue weighted by atomic mass is 10.2. The minimum absolute atomic E-state index is 0.0598. The maximum atomic E-state index is 12.1. The second kappa shape index (κ2) is 7.17. The minimum Gasteiger partial charge on any atom is -0.477 e. The van der Waals surface area contributed by atoms with Crippen molar-refractivity contribution in [3.63, 3.8) is 0 Å². The molecule has 0 aliphatic rings. The Morgan fingerprint density at radius 3 is 2.57 bits per heavy atom. The van der Waals surface area contributed by atoms with Gasteiger partial charge in [-0.25, -0.2) is 0 Å². The van der Waals surface area contributed by atoms with Crippen LogP contribution in [-0.2, 0) is 4.79 Å². The molecule has 0 bridgehead atoms. The highest BCUT2D eigenvalue weighted by Crippen LogP contribution is 2.27. The standard InChI is InChI=1S/C16H14N2O5/c1-17(13-5-3-2-4-6-13)16(20)11-23-15-8-7-12(10-19)9-14(15)18(21)22/h2-10H,11H2,1H3. The quantitative estimate of drug-likeness (QED) is 0.464. The van der Waals surface area contributed by atoms with Gasteiger partial charge in [-0.15, -0.1) is 0 Å². The third-order valence-corrected chi connectivity index (χ3v) is 3.18. The molecule has 2 rings (SSSR count). The van der Waals surface area contributed by atoms with E-state index in [1.807, 2.05) is 6.07 Å². The van der Waals surface area contributed by atoms with Crippen LogP contribution < -0.4 is 9.64 Å². The summed E-state index contributed by atoms with van der Waals surface area (Å²) in [6.45, 7) is -0.354. The zero-order valence-electron chi connectivity index (χ0n) is 12.3. The number of likely N-dealkylation sites (N-methyl/N-ethyl adjacent to an activating group) is 1. The van der Waals surface area contributed by atoms with Crippen molar-refractivity contribution in [1.29, 1.82) is 0 Å². The van der Waals surface area contributed by atoms with Crippen molar-refractivity contribution in [2.24, 2.45) is 0 Å². The summed E-state index contributed by atoms with van der Waals surface area (Å²) in [6, 6.07) is 12.7. The molecule has 0 unspecified atom stereocenters. The fraction of sp³-hybridized carbons (Fsp3) is 0.125. The molecule has 0 saturated heterocycles. The number of rotatable bonds is 6. The summed E-state index contributed by atoms with van der Waals surface area (Å²) in [5.74, 6) is -0.416. The molecule has 0 radical (unpaired) electrons. The fourth-order valence-electron chi connectivity index (χ4n) is 1.90. The zero-order valence-corrected chi connectivity index (χ0v) is 12.3. The lowest BCUT2D eigenvalue weighted by molar-refractivity contribution is -0.385. The van der Waals surface area contributed by atoms with E-state index < -0.39 is 4.92 Å². The topological polar surface area (TPSA) is 89.8 Å². The van der Waals surface area contributed by atoms with Crippen LogP contribution in [0.4, 0.5) is 11.4 Å². The van der Waals surface area contributed by atoms with Crippen molar-refractivity contribution in [2.45, 2.75) is 0 Å². The average Bonchev–Trinajstić information content (AvgIpc) is 2.59. The lowest BCUT2D eigenvalue weighted by Gasteiger charge is -2.17. The number of amides is 1. The van der Waals surface area contributed by atoms with Crippen molar-refractivity contribution in [2.75, 3.05) is 18.6 Å². The van der Waals surface area contributed by atoms with Gasteiger partial charge in [-0.1, -0.05) is 18.2 Å². The molecule has 0 N–H and O–H groups in total. The predicted molar refractivity (Wildman–Crippen MR) is 83.8 cm³/mol. The highest BCUT2D eigenvalue weighted by atomic mass is 16.6. The SMILES string of the molecule is CN(C(=O)COc1ccc(C=O)cc1[N+](=O)[O-])c1ccccc1. The van der Waals surface area contributed by atoms with Gasteiger partial charge in [-0.2, -0.15) is 0 Å². The predicted octanol–water partition coefficient (Wildman–Crippen LogP) is 2.45. The number of ether oxygens (including phenoxy) is 1. The highest BCUT2D eigenvalue weighted by Gasteiger charge is 2.18. The molecule has 118 valence electrons. The van der Waals surface area contributed by atoms with Gasteiger partial charge in [-0.05, 0) is 24.3 Å². The van der Waals surface area contributed by atoms with Gasteiger partial charge < -0.3 is 9.64 Å². The largest absolute Gasteiger partial charge is 0.477 e. The average molecular weight is 314 g/mol. The third kappa shape index (κ3) is 3.91. The normalized spacial score (nSPS) is 9.96. The van der Waals surface area contributed by atoms with E-state index in [9.17, 15) is 19.7 Å². The number of para-hydroxylation sites is 1. The van der Waals surface area contributed by atoms with Crippen LogP contribution in [0.15, 0.2) is 48.5 Å². The monoisotopic (exact) mass is 314 g/mol. The molecule has 0 aliphatic carbocycles. The number of nitro groups is 1. The molecule has 0 saturated carbocycles. The summed E-state index contributed by atoms with van der Waals surface area (Å²) in [6.07, 6.45) is 0.505. The molecular weight excluding hydrogens is 300 g/mol. The molecule has 0 atom stereocenters. The van der Waals surface area contributed by atoms with Crippen molar-refractivity contribution < 1.29 is 19.2 Å². The molecule has 0 aromatic heterocycles. The lowest BCUT2D eigenvalue weighted by Crippen LogP contribution is -2.31. The van der Waals surface area contributed by atoms with Gasteiger partial charge in [0.2, 0.25) is 0 Å². The summed E-state index contributed by atoms with van der Waals surface area (Å²) in [5.41, 5.74) is 0.494. The maximum absolute atomic E-state index is 12.1. The van der Waals surface area contributed by atoms with E-state index >= 15 is 0 Å². The van der Waals surface area contributed by atoms with Gasteiger partial charge in [-0.3, -0.25) is 19.7 Å². The summed E-state index contributed by atoms with van der Waals surface area (Å²) in [5, 5.41) is 11.0. The molecule has 2 aromatic carbocycles. The number of hydrogen-bond acceptors (Lipinski definition) is 5. The van der Waals surface area contributed by atoms with Gasteiger partial charge in [0.15, 0.2) is 12.4 Å². The number of benzene rings is 2. The van der Waals surface area contributed by atoms with Crippen LogP contribution in [-0.4, -0.2) is 30.8 Å². The van der Waals surface area contributed by atoms with Crippen LogP contribution >= 0.6 is 0 Å². The summed E-state index contributed by atoms with van der Waals surface area (Å²) >= 11 is 0. The minimum atomic E-state index is -0.659. The Kier molecular flexibility index (Phi) is 5.03. The summed E-state index contributed by atoms with van der Waals surface area (Å²) in [4.78, 5) is 34.5. The van der Waals surface area contributed by atoms with Gasteiger partial charge in [0.1, 0.15) is 6.29 Å². The molecular formula is C16H14N2O5. The number of carbonyl (C=O) groups excluding carboxylic acids is 2. The summed E-state index contributed by atoms with van der Waals surface area (Å²) < 4.78 is 5.25. The van der Waals surface area contributed by atoms with Crippen LogP contribution in [0.3, 0.4) is 0 Å². The first kappa shape index (κ1) is 16.2. The summed E-state index contributed by atoms with van der Waals surface area (Å²) in [7, 11) is 1.59. The Bertz CT molecular complexity index is 731. The van der Waals surface area contributed by atoms with Crippen molar-refractivity contribution in [3.8, 4) is 5.75 Å². The second-order valence-electron chi connectivity index (χ2n) is 4.68. The van der Waals surface area contributed by atoms with E-state index in [2.05, 4.69) is 0 Å². The molecule has 23 heavy (non-hydrogen) atoms. The Balaban J connectivity index is 2.10. The van der Waals surface area contributed by atoms with Crippen LogP contribution in [0.25, 0.3) is 0 Å². The Morgan fingerprint density at radius 1 is 1.26 bits per heavy atom. The molecule has 7 nitrogen and oxygen atoms in total. The van der Waals surface area contributed by atoms with Gasteiger partial charge in [0.05, 0.1) is 4.92 Å². The molecule has 2 aromatic rings. The molecule has 0 aliphatic heterocycles. The van der Waals surface area contributed by atoms with E-state index in [1.165, 1.54) is 17.0 Å². The first-order chi connectivity index (χ1) is 11.0. The van der Waals surface area contributed by atoms with Gasteiger partial charge >= 0.3 is 5.69 Å². The Hall–Kier alpha value is -3.22. The first-order valence-corrected chi connectivity index (χ1v) is 6.71. The fourth-order valence-corrected chi connectivity index (χ4v) is 1.90. The molecule has 1 amide bonds. The van der Waals surface area contributed by atoms with Crippen molar-refractivity contribution in [3.05, 3.63) is 64.2 Å². The number of anilines is 1. The molecule has 0 spiro atoms. The number of carbonyl (C=O) groups is 2. The zero-order chi connectivity index (χ0) is 16.8. The smallest absolute Gasteiger partial charge is 0.311 e. The molecule has 0 heterocycles. The van der Waals surface area contributed by atoms with E-state index in [0.29, 0.717) is 12.0 Å². The van der Waals surface area contributed by atoms with Crippen molar-refractivity contribution in [1.82, 2.24) is 0 Å². The van der Waals surface area contributed by atoms with Gasteiger partial charge in [0.25, 0.3) is 5.91 Å². The Morgan fingerprint density at radius 2 is 1.96 bits per heavy atom. The number of nitrogens with zero attached hydrogens (tertiary/aromatic N) is 2. The van der Waals surface area contributed by atoms with E-state index in [0.717, 1.165) is 6.07 Å². The first-order valence-electron chi connectivity index (χ1n) is 6.71. The number of nitro benzene ring substituents is 1. The maximum Gasteiger partial charge on any atom is 0.311 e. The Labute approximate surface area is 132 Å². The highest BCUT2D eigenvalue weighted by molar-refractivity contribution is 5.93. The van der Waals surface area contributed by atoms with E-state index in [-0.39, 0.29) is 29.5 Å². The van der Waals surface area contributed by atoms with Crippen molar-refractivity contribution >= 4 is 23.6 Å². The molecule has 7 heteroatoms. The van der Waals surface area contributed by atoms with Crippen LogP contribution in [0, 0.1) is 10.1 Å². The number of aldehydes is 1. The van der Waals surface area contributed by atoms with Crippen LogP contribution in [0.2, 0.25) is 0 Å². The van der Waals surface area contributed by atoms with E-state index in [4.69, 9.17) is 4.74 Å². The molecule has 0 fully saturated rings. The van der Waals surface area contributed by atoms with Crippen LogP contribution in [0.1, 0.15) is 10.4 Å². The van der Waals surface area contributed by atoms with Crippen LogP contribution in [0.5, 0.6) is 5.75 Å². The third-order valence-electron chi connectivity index (χ3n) is 3.18. The van der Waals surface area contributed by atoms with Gasteiger partial charge in [0, 0.05) is 24.4 Å². The number of hydrogen-bond donors (Lipinski definition) is 0. The second-order valence-corrected chi connectivity index (χ2v) is 4.68. The van der Waals surface area contributed by atoms with E-state index in [1.54, 1.807) is 31.3 Å².